The van der Waals surface area contributed by atoms with Crippen molar-refractivity contribution in [2.75, 3.05) is 7.11 Å². The van der Waals surface area contributed by atoms with E-state index in [-0.39, 0.29) is 12.3 Å². The van der Waals surface area contributed by atoms with Crippen LogP contribution in [0.3, 0.4) is 0 Å². The molecule has 5 nitrogen and oxygen atoms in total. The summed E-state index contributed by atoms with van der Waals surface area (Å²) >= 11 is 1.59. The fourth-order valence-electron chi connectivity index (χ4n) is 4.10. The van der Waals surface area contributed by atoms with Gasteiger partial charge in [-0.15, -0.1) is 11.3 Å². The third-order valence-corrected chi connectivity index (χ3v) is 6.66. The van der Waals surface area contributed by atoms with E-state index in [0.29, 0.717) is 11.3 Å². The minimum atomic E-state index is -0.745. The van der Waals surface area contributed by atoms with Crippen LogP contribution in [0.5, 0.6) is 5.75 Å². The summed E-state index contributed by atoms with van der Waals surface area (Å²) in [6.45, 7) is 2.10. The van der Waals surface area contributed by atoms with Crippen LogP contribution < -0.4 is 4.74 Å². The molecular weight excluding hydrogens is 384 g/mol. The Morgan fingerprint density at radius 1 is 1.38 bits per heavy atom. The maximum absolute atomic E-state index is 11.1. The number of rotatable bonds is 5. The minimum Gasteiger partial charge on any atom is -0.495 e. The Balaban J connectivity index is 1.68. The average molecular weight is 404 g/mol. The van der Waals surface area contributed by atoms with Gasteiger partial charge in [0.1, 0.15) is 16.8 Å². The lowest BCUT2D eigenvalue weighted by molar-refractivity contribution is -0.137. The highest BCUT2D eigenvalue weighted by molar-refractivity contribution is 7.18. The lowest BCUT2D eigenvalue weighted by Gasteiger charge is -2.12. The van der Waals surface area contributed by atoms with Crippen molar-refractivity contribution in [3.63, 3.8) is 0 Å². The quantitative estimate of drug-likeness (QED) is 0.634. The maximum atomic E-state index is 11.1. The molecule has 0 saturated carbocycles. The molecule has 1 N–H and O–H groups in total. The Bertz CT molecular complexity index is 1140. The number of benzene rings is 2. The molecule has 0 radical (unpaired) electrons. The topological polar surface area (TPSA) is 83.2 Å². The Morgan fingerprint density at radius 3 is 2.93 bits per heavy atom. The molecule has 1 atom stereocenters. The van der Waals surface area contributed by atoms with Crippen molar-refractivity contribution in [3.8, 4) is 32.8 Å². The van der Waals surface area contributed by atoms with E-state index < -0.39 is 5.97 Å². The molecule has 0 bridgehead atoms. The van der Waals surface area contributed by atoms with Gasteiger partial charge in [0, 0.05) is 11.8 Å². The van der Waals surface area contributed by atoms with Gasteiger partial charge in [-0.05, 0) is 66.1 Å². The van der Waals surface area contributed by atoms with E-state index >= 15 is 0 Å². The monoisotopic (exact) mass is 404 g/mol. The summed E-state index contributed by atoms with van der Waals surface area (Å²) in [6.07, 6.45) is 3.82. The highest BCUT2D eigenvalue weighted by Gasteiger charge is 2.27. The zero-order valence-corrected chi connectivity index (χ0v) is 17.0. The van der Waals surface area contributed by atoms with E-state index in [2.05, 4.69) is 30.1 Å². The number of methoxy groups -OCH3 is 1. The molecular formula is C23H20N2O3S. The van der Waals surface area contributed by atoms with E-state index in [9.17, 15) is 10.1 Å². The van der Waals surface area contributed by atoms with Gasteiger partial charge < -0.3 is 9.84 Å². The highest BCUT2D eigenvalue weighted by Crippen LogP contribution is 2.42. The molecule has 2 aromatic carbocycles. The lowest BCUT2D eigenvalue weighted by Crippen LogP contribution is -2.03. The minimum absolute atomic E-state index is 0.103. The molecule has 0 amide bonds. The summed E-state index contributed by atoms with van der Waals surface area (Å²) in [5.74, 6) is -0.0810. The third-order valence-electron chi connectivity index (χ3n) is 5.58. The molecule has 0 spiro atoms. The van der Waals surface area contributed by atoms with Crippen molar-refractivity contribution < 1.29 is 14.6 Å². The molecule has 6 heteroatoms. The Hall–Kier alpha value is -3.17. The first-order valence-electron chi connectivity index (χ1n) is 9.40. The van der Waals surface area contributed by atoms with Crippen molar-refractivity contribution in [1.29, 1.82) is 5.26 Å². The second-order valence-corrected chi connectivity index (χ2v) is 8.23. The van der Waals surface area contributed by atoms with Gasteiger partial charge in [-0.25, -0.2) is 4.98 Å². The van der Waals surface area contributed by atoms with E-state index in [0.717, 1.165) is 33.9 Å². The molecule has 4 rings (SSSR count). The standard InChI is InChI=1S/C23H20N2O3S/c1-13-17-5-3-14(10-22(26)27)19(17)7-6-18(13)23-25-12-21(29-23)15-4-8-20(28-2)16(9-15)11-24/h4,6-9,12,14H,3,5,10H2,1-2H3,(H,26,27). The van der Waals surface area contributed by atoms with Crippen molar-refractivity contribution in [2.45, 2.75) is 32.1 Å². The van der Waals surface area contributed by atoms with E-state index in [1.165, 1.54) is 16.7 Å². The van der Waals surface area contributed by atoms with Gasteiger partial charge in [0.15, 0.2) is 0 Å². The molecule has 0 fully saturated rings. The molecule has 1 aromatic heterocycles. The zero-order chi connectivity index (χ0) is 20.5. The number of ether oxygens (including phenoxy) is 1. The third kappa shape index (κ3) is 3.50. The van der Waals surface area contributed by atoms with E-state index in [4.69, 9.17) is 9.84 Å². The number of carboxylic acids is 1. The molecule has 1 aliphatic carbocycles. The summed E-state index contributed by atoms with van der Waals surface area (Å²) in [7, 11) is 1.55. The van der Waals surface area contributed by atoms with E-state index in [1.54, 1.807) is 24.5 Å². The summed E-state index contributed by atoms with van der Waals surface area (Å²) in [5, 5.41) is 19.4. The van der Waals surface area contributed by atoms with Gasteiger partial charge in [0.25, 0.3) is 0 Å². The second kappa shape index (κ2) is 7.69. The summed E-state index contributed by atoms with van der Waals surface area (Å²) in [6, 6.07) is 11.9. The van der Waals surface area contributed by atoms with Gasteiger partial charge in [-0.2, -0.15) is 5.26 Å². The maximum Gasteiger partial charge on any atom is 0.303 e. The van der Waals surface area contributed by atoms with Crippen LogP contribution in [0.25, 0.3) is 21.0 Å². The van der Waals surface area contributed by atoms with Crippen molar-refractivity contribution in [2.24, 2.45) is 0 Å². The number of aromatic nitrogens is 1. The van der Waals surface area contributed by atoms with Gasteiger partial charge in [-0.3, -0.25) is 4.79 Å². The number of nitrogens with zero attached hydrogens (tertiary/aromatic N) is 2. The molecule has 1 unspecified atom stereocenters. The molecule has 146 valence electrons. The van der Waals surface area contributed by atoms with Crippen LogP contribution in [0.1, 0.15) is 41.0 Å². The number of thiazole rings is 1. The normalized spacial score (nSPS) is 15.0. The Labute approximate surface area is 173 Å². The average Bonchev–Trinajstić information content (AvgIpc) is 3.35. The van der Waals surface area contributed by atoms with Crippen molar-refractivity contribution in [1.82, 2.24) is 4.98 Å². The van der Waals surface area contributed by atoms with Gasteiger partial charge in [0.2, 0.25) is 0 Å². The second-order valence-electron chi connectivity index (χ2n) is 7.20. The predicted octanol–water partition coefficient (Wildman–Crippen LogP) is 5.17. The molecule has 29 heavy (non-hydrogen) atoms. The number of fused-ring (bicyclic) bond motifs is 1. The summed E-state index contributed by atoms with van der Waals surface area (Å²) in [5.41, 5.74) is 6.14. The van der Waals surface area contributed by atoms with Crippen LogP contribution in [-0.4, -0.2) is 23.2 Å². The molecule has 1 heterocycles. The largest absolute Gasteiger partial charge is 0.495 e. The molecule has 1 aliphatic rings. The van der Waals surface area contributed by atoms with Gasteiger partial charge >= 0.3 is 5.97 Å². The molecule has 3 aromatic rings. The molecule has 0 aliphatic heterocycles. The number of carbonyl (C=O) groups is 1. The summed E-state index contributed by atoms with van der Waals surface area (Å²) < 4.78 is 5.22. The highest BCUT2D eigenvalue weighted by atomic mass is 32.1. The number of hydrogen-bond acceptors (Lipinski definition) is 5. The van der Waals surface area contributed by atoms with Gasteiger partial charge in [-0.1, -0.05) is 12.1 Å². The van der Waals surface area contributed by atoms with Crippen LogP contribution >= 0.6 is 11.3 Å². The smallest absolute Gasteiger partial charge is 0.303 e. The number of carboxylic acid groups (broad SMARTS) is 1. The first-order chi connectivity index (χ1) is 14.0. The predicted molar refractivity (Wildman–Crippen MR) is 112 cm³/mol. The lowest BCUT2D eigenvalue weighted by atomic mass is 9.94. The van der Waals surface area contributed by atoms with Crippen LogP contribution in [0.2, 0.25) is 0 Å². The van der Waals surface area contributed by atoms with Crippen molar-refractivity contribution >= 4 is 17.3 Å². The number of aliphatic carboxylic acids is 1. The van der Waals surface area contributed by atoms with Crippen LogP contribution in [-0.2, 0) is 11.2 Å². The fraction of sp³-hybridized carbons (Fsp3) is 0.261. The summed E-state index contributed by atoms with van der Waals surface area (Å²) in [4.78, 5) is 16.7. The number of hydrogen-bond donors (Lipinski definition) is 1. The Kier molecular flexibility index (Phi) is 5.08. The zero-order valence-electron chi connectivity index (χ0n) is 16.2. The van der Waals surface area contributed by atoms with Crippen LogP contribution in [0.15, 0.2) is 36.5 Å². The first kappa shape index (κ1) is 19.2. The Morgan fingerprint density at radius 2 is 2.21 bits per heavy atom. The van der Waals surface area contributed by atoms with Gasteiger partial charge in [0.05, 0.1) is 24.0 Å². The number of nitriles is 1. The van der Waals surface area contributed by atoms with Crippen LogP contribution in [0, 0.1) is 18.3 Å². The van der Waals surface area contributed by atoms with Crippen LogP contribution in [0.4, 0.5) is 0 Å². The molecule has 0 saturated heterocycles. The SMILES string of the molecule is COc1ccc(-c2cnc(-c3ccc4c(c3C)CCC4CC(=O)O)s2)cc1C#N. The van der Waals surface area contributed by atoms with Crippen molar-refractivity contribution in [3.05, 3.63) is 58.8 Å². The fourth-order valence-corrected chi connectivity index (χ4v) is 5.10. The first-order valence-corrected chi connectivity index (χ1v) is 10.2. The van der Waals surface area contributed by atoms with E-state index in [1.807, 2.05) is 18.3 Å².